The fraction of sp³-hybridized carbons (Fsp3) is 0.500. The van der Waals surface area contributed by atoms with Crippen molar-refractivity contribution in [2.24, 2.45) is 0 Å². The van der Waals surface area contributed by atoms with Crippen LogP contribution in [0.3, 0.4) is 0 Å². The molecule has 23 heavy (non-hydrogen) atoms. The van der Waals surface area contributed by atoms with E-state index in [4.69, 9.17) is 4.74 Å². The average Bonchev–Trinajstić information content (AvgIpc) is 2.44. The zero-order valence-electron chi connectivity index (χ0n) is 13.4. The SMILES string of the molecule is CC(C)(C)OC(=O)NCCC(O)C(O)c1ccc(C=O)c(F)c1. The molecule has 2 unspecified atom stereocenters. The Bertz CT molecular complexity index is 556. The molecule has 7 heteroatoms. The standard InChI is InChI=1S/C16H22FNO5/c1-16(2,3)23-15(22)18-7-6-13(20)14(21)10-4-5-11(9-19)12(17)8-10/h4-5,8-9,13-14,20-21H,6-7H2,1-3H3,(H,18,22). The number of hydrogen-bond acceptors (Lipinski definition) is 5. The van der Waals surface area contributed by atoms with Crippen molar-refractivity contribution in [2.45, 2.75) is 45.0 Å². The van der Waals surface area contributed by atoms with Crippen LogP contribution in [-0.4, -0.2) is 40.8 Å². The molecule has 0 bridgehead atoms. The molecule has 2 atom stereocenters. The molecule has 0 aliphatic heterocycles. The van der Waals surface area contributed by atoms with E-state index in [1.54, 1.807) is 20.8 Å². The minimum Gasteiger partial charge on any atom is -0.444 e. The summed E-state index contributed by atoms with van der Waals surface area (Å²) in [7, 11) is 0. The van der Waals surface area contributed by atoms with Crippen LogP contribution in [0.2, 0.25) is 0 Å². The van der Waals surface area contributed by atoms with E-state index >= 15 is 0 Å². The molecule has 3 N–H and O–H groups in total. The van der Waals surface area contributed by atoms with Crippen molar-refractivity contribution < 1.29 is 28.9 Å². The van der Waals surface area contributed by atoms with Crippen molar-refractivity contribution in [2.75, 3.05) is 6.54 Å². The number of aliphatic hydroxyl groups excluding tert-OH is 2. The number of nitrogens with one attached hydrogen (secondary N) is 1. The van der Waals surface area contributed by atoms with Crippen LogP contribution in [0.25, 0.3) is 0 Å². The molecule has 0 aliphatic carbocycles. The predicted octanol–water partition coefficient (Wildman–Crippen LogP) is 1.95. The van der Waals surface area contributed by atoms with E-state index in [1.807, 2.05) is 0 Å². The van der Waals surface area contributed by atoms with Crippen molar-refractivity contribution in [1.29, 1.82) is 0 Å². The molecule has 6 nitrogen and oxygen atoms in total. The Morgan fingerprint density at radius 3 is 2.57 bits per heavy atom. The molecular formula is C16H22FNO5. The van der Waals surface area contributed by atoms with Crippen LogP contribution >= 0.6 is 0 Å². The molecule has 0 saturated carbocycles. The first kappa shape index (κ1) is 19.1. The van der Waals surface area contributed by atoms with E-state index in [9.17, 15) is 24.2 Å². The molecule has 0 heterocycles. The highest BCUT2D eigenvalue weighted by Gasteiger charge is 2.20. The van der Waals surface area contributed by atoms with Gasteiger partial charge in [0.05, 0.1) is 11.7 Å². The lowest BCUT2D eigenvalue weighted by Gasteiger charge is -2.21. The Morgan fingerprint density at radius 2 is 2.04 bits per heavy atom. The zero-order chi connectivity index (χ0) is 17.6. The Labute approximate surface area is 134 Å². The molecule has 1 rings (SSSR count). The van der Waals surface area contributed by atoms with Gasteiger partial charge in [0, 0.05) is 6.54 Å². The lowest BCUT2D eigenvalue weighted by atomic mass is 10.0. The van der Waals surface area contributed by atoms with Crippen molar-refractivity contribution >= 4 is 12.4 Å². The summed E-state index contributed by atoms with van der Waals surface area (Å²) in [6.07, 6.45) is -2.73. The monoisotopic (exact) mass is 327 g/mol. The number of halogens is 1. The van der Waals surface area contributed by atoms with Gasteiger partial charge in [0.2, 0.25) is 0 Å². The first-order valence-electron chi connectivity index (χ1n) is 7.21. The maximum Gasteiger partial charge on any atom is 0.407 e. The van der Waals surface area contributed by atoms with Gasteiger partial charge < -0.3 is 20.3 Å². The van der Waals surface area contributed by atoms with Crippen LogP contribution in [0.15, 0.2) is 18.2 Å². The van der Waals surface area contributed by atoms with E-state index < -0.39 is 29.7 Å². The Balaban J connectivity index is 2.51. The van der Waals surface area contributed by atoms with Crippen LogP contribution in [0, 0.1) is 5.82 Å². The summed E-state index contributed by atoms with van der Waals surface area (Å²) in [6.45, 7) is 5.26. The fourth-order valence-corrected chi connectivity index (χ4v) is 1.84. The van der Waals surface area contributed by atoms with Gasteiger partial charge in [0.15, 0.2) is 6.29 Å². The lowest BCUT2D eigenvalue weighted by Crippen LogP contribution is -2.34. The Morgan fingerprint density at radius 1 is 1.39 bits per heavy atom. The third kappa shape index (κ3) is 6.33. The van der Waals surface area contributed by atoms with Gasteiger partial charge in [-0.3, -0.25) is 4.79 Å². The molecule has 0 radical (unpaired) electrons. The Kier molecular flexibility index (Phi) is 6.65. The summed E-state index contributed by atoms with van der Waals surface area (Å²) >= 11 is 0. The van der Waals surface area contributed by atoms with E-state index in [1.165, 1.54) is 12.1 Å². The summed E-state index contributed by atoms with van der Waals surface area (Å²) in [5.41, 5.74) is -0.597. The number of benzene rings is 1. The lowest BCUT2D eigenvalue weighted by molar-refractivity contribution is 0.0121. The summed E-state index contributed by atoms with van der Waals surface area (Å²) < 4.78 is 18.5. The van der Waals surface area contributed by atoms with Crippen LogP contribution in [0.4, 0.5) is 9.18 Å². The zero-order valence-corrected chi connectivity index (χ0v) is 13.4. The molecule has 0 saturated heterocycles. The Hall–Kier alpha value is -1.99. The van der Waals surface area contributed by atoms with Crippen LogP contribution in [0.1, 0.15) is 49.2 Å². The molecule has 1 aromatic carbocycles. The normalized spacial score (nSPS) is 14.0. The maximum atomic E-state index is 13.5. The number of rotatable bonds is 6. The first-order chi connectivity index (χ1) is 10.6. The molecule has 128 valence electrons. The number of amides is 1. The number of carbonyl (C=O) groups is 2. The molecule has 0 fully saturated rings. The number of alkyl carbamates (subject to hydrolysis) is 1. The molecule has 1 amide bonds. The largest absolute Gasteiger partial charge is 0.444 e. The molecule has 0 spiro atoms. The highest BCUT2D eigenvalue weighted by Crippen LogP contribution is 2.21. The molecule has 1 aromatic rings. The highest BCUT2D eigenvalue weighted by molar-refractivity contribution is 5.75. The van der Waals surface area contributed by atoms with E-state index in [-0.39, 0.29) is 24.1 Å². The number of aldehydes is 1. The minimum absolute atomic E-state index is 0.0530. The van der Waals surface area contributed by atoms with Crippen LogP contribution in [-0.2, 0) is 4.74 Å². The van der Waals surface area contributed by atoms with Gasteiger partial charge in [-0.05, 0) is 44.9 Å². The van der Waals surface area contributed by atoms with E-state index in [2.05, 4.69) is 5.32 Å². The number of ether oxygens (including phenoxy) is 1. The molecule has 0 aromatic heterocycles. The summed E-state index contributed by atoms with van der Waals surface area (Å²) in [4.78, 5) is 22.0. The van der Waals surface area contributed by atoms with Gasteiger partial charge in [-0.25, -0.2) is 9.18 Å². The summed E-state index contributed by atoms with van der Waals surface area (Å²) in [5.74, 6) is -0.768. The van der Waals surface area contributed by atoms with Gasteiger partial charge in [-0.2, -0.15) is 0 Å². The van der Waals surface area contributed by atoms with Crippen molar-refractivity contribution in [3.63, 3.8) is 0 Å². The van der Waals surface area contributed by atoms with Gasteiger partial charge in [0.1, 0.15) is 17.5 Å². The fourth-order valence-electron chi connectivity index (χ4n) is 1.84. The second-order valence-corrected chi connectivity index (χ2v) is 6.13. The summed E-state index contributed by atoms with van der Waals surface area (Å²) in [5, 5.41) is 22.3. The first-order valence-corrected chi connectivity index (χ1v) is 7.21. The topological polar surface area (TPSA) is 95.9 Å². The third-order valence-electron chi connectivity index (χ3n) is 2.97. The van der Waals surface area contributed by atoms with Crippen LogP contribution in [0.5, 0.6) is 0 Å². The van der Waals surface area contributed by atoms with Crippen molar-refractivity contribution in [3.8, 4) is 0 Å². The number of hydrogen-bond donors (Lipinski definition) is 3. The van der Waals surface area contributed by atoms with E-state index in [0.717, 1.165) is 6.07 Å². The van der Waals surface area contributed by atoms with Crippen molar-refractivity contribution in [1.82, 2.24) is 5.32 Å². The van der Waals surface area contributed by atoms with Gasteiger partial charge in [-0.15, -0.1) is 0 Å². The van der Waals surface area contributed by atoms with Gasteiger partial charge in [0.25, 0.3) is 0 Å². The number of carbonyl (C=O) groups excluding carboxylic acids is 2. The van der Waals surface area contributed by atoms with Gasteiger partial charge in [-0.1, -0.05) is 6.07 Å². The van der Waals surface area contributed by atoms with E-state index in [0.29, 0.717) is 6.29 Å². The van der Waals surface area contributed by atoms with Crippen LogP contribution < -0.4 is 5.32 Å². The van der Waals surface area contributed by atoms with Gasteiger partial charge >= 0.3 is 6.09 Å². The second-order valence-electron chi connectivity index (χ2n) is 6.13. The predicted molar refractivity (Wildman–Crippen MR) is 81.6 cm³/mol. The third-order valence-corrected chi connectivity index (χ3v) is 2.97. The van der Waals surface area contributed by atoms with Crippen molar-refractivity contribution in [3.05, 3.63) is 35.1 Å². The smallest absolute Gasteiger partial charge is 0.407 e. The average molecular weight is 327 g/mol. The number of aliphatic hydroxyl groups is 2. The minimum atomic E-state index is -1.33. The molecule has 0 aliphatic rings. The quantitative estimate of drug-likeness (QED) is 0.694. The second kappa shape index (κ2) is 8.03. The maximum absolute atomic E-state index is 13.5. The summed E-state index contributed by atoms with van der Waals surface area (Å²) in [6, 6.07) is 3.59. The molecular weight excluding hydrogens is 305 g/mol. The highest BCUT2D eigenvalue weighted by atomic mass is 19.1.